The summed E-state index contributed by atoms with van der Waals surface area (Å²) in [5, 5.41) is 13.1. The number of nitrogens with one attached hydrogen (secondary N) is 1. The molecule has 0 aliphatic rings. The molecular weight excluding hydrogens is 249 g/mol. The van der Waals surface area contributed by atoms with E-state index in [1.807, 2.05) is 19.9 Å². The Hall–Kier alpha value is -1.49. The Kier molecular flexibility index (Phi) is 4.25. The molecule has 0 bridgehead atoms. The molecule has 96 valence electrons. The number of rotatable bonds is 5. The number of aryl methyl sites for hydroxylation is 1. The second-order valence-electron chi connectivity index (χ2n) is 3.98. The maximum atomic E-state index is 13.7. The van der Waals surface area contributed by atoms with Crippen molar-refractivity contribution in [1.82, 2.24) is 10.2 Å². The van der Waals surface area contributed by atoms with Gasteiger partial charge in [0.15, 0.2) is 0 Å². The molecule has 1 unspecified atom stereocenters. The van der Waals surface area contributed by atoms with Gasteiger partial charge in [0, 0.05) is 5.56 Å². The van der Waals surface area contributed by atoms with Crippen molar-refractivity contribution in [3.05, 3.63) is 40.7 Å². The molecular formula is C13H16FN3S. The van der Waals surface area contributed by atoms with Gasteiger partial charge >= 0.3 is 0 Å². The van der Waals surface area contributed by atoms with Gasteiger partial charge in [-0.2, -0.15) is 0 Å². The lowest BCUT2D eigenvalue weighted by Gasteiger charge is -2.16. The lowest BCUT2D eigenvalue weighted by atomic mass is 10.0. The zero-order chi connectivity index (χ0) is 13.0. The number of anilines is 1. The third kappa shape index (κ3) is 2.85. The average molecular weight is 265 g/mol. The molecule has 18 heavy (non-hydrogen) atoms. The first-order valence-corrected chi connectivity index (χ1v) is 6.89. The van der Waals surface area contributed by atoms with Crippen LogP contribution in [-0.4, -0.2) is 10.2 Å². The van der Waals surface area contributed by atoms with E-state index in [0.29, 0.717) is 5.56 Å². The molecule has 2 aromatic rings. The van der Waals surface area contributed by atoms with Crippen molar-refractivity contribution in [2.24, 2.45) is 0 Å². The van der Waals surface area contributed by atoms with Gasteiger partial charge in [0.1, 0.15) is 10.8 Å². The smallest absolute Gasteiger partial charge is 0.206 e. The number of hydrogen-bond acceptors (Lipinski definition) is 4. The van der Waals surface area contributed by atoms with E-state index in [9.17, 15) is 4.39 Å². The predicted molar refractivity (Wildman–Crippen MR) is 72.3 cm³/mol. The second kappa shape index (κ2) is 5.91. The molecule has 0 aliphatic carbocycles. The Labute approximate surface area is 110 Å². The van der Waals surface area contributed by atoms with Crippen molar-refractivity contribution >= 4 is 16.5 Å². The van der Waals surface area contributed by atoms with E-state index in [0.717, 1.165) is 23.0 Å². The summed E-state index contributed by atoms with van der Waals surface area (Å²) in [4.78, 5) is 0. The Bertz CT molecular complexity index is 512. The largest absolute Gasteiger partial charge is 0.353 e. The Balaban J connectivity index is 2.17. The van der Waals surface area contributed by atoms with E-state index < -0.39 is 0 Å². The molecule has 0 saturated heterocycles. The Morgan fingerprint density at radius 2 is 2.06 bits per heavy atom. The lowest BCUT2D eigenvalue weighted by molar-refractivity contribution is 0.587. The number of halogens is 1. The first kappa shape index (κ1) is 13.0. The summed E-state index contributed by atoms with van der Waals surface area (Å²) in [6.07, 6.45) is 1.66. The number of nitrogens with zero attached hydrogens (tertiary/aromatic N) is 2. The van der Waals surface area contributed by atoms with Gasteiger partial charge in [0.25, 0.3) is 0 Å². The summed E-state index contributed by atoms with van der Waals surface area (Å²) in [6.45, 7) is 4.06. The summed E-state index contributed by atoms with van der Waals surface area (Å²) < 4.78 is 13.7. The first-order chi connectivity index (χ1) is 8.74. The number of aromatic nitrogens is 2. The first-order valence-electron chi connectivity index (χ1n) is 6.08. The quantitative estimate of drug-likeness (QED) is 0.893. The summed E-state index contributed by atoms with van der Waals surface area (Å²) in [6, 6.07) is 6.77. The highest BCUT2D eigenvalue weighted by atomic mass is 32.1. The minimum atomic E-state index is -0.183. The van der Waals surface area contributed by atoms with Gasteiger partial charge in [-0.25, -0.2) is 4.39 Å². The Morgan fingerprint density at radius 1 is 1.28 bits per heavy atom. The zero-order valence-electron chi connectivity index (χ0n) is 10.5. The minimum absolute atomic E-state index is 0.0659. The van der Waals surface area contributed by atoms with Crippen molar-refractivity contribution in [2.75, 3.05) is 5.32 Å². The van der Waals surface area contributed by atoms with E-state index in [1.165, 1.54) is 17.4 Å². The third-order valence-electron chi connectivity index (χ3n) is 2.76. The molecule has 0 spiro atoms. The molecule has 2 rings (SSSR count). The zero-order valence-corrected chi connectivity index (χ0v) is 11.3. The van der Waals surface area contributed by atoms with Crippen LogP contribution in [-0.2, 0) is 6.42 Å². The van der Waals surface area contributed by atoms with E-state index in [1.54, 1.807) is 12.1 Å². The summed E-state index contributed by atoms with van der Waals surface area (Å²) in [5.41, 5.74) is 0.674. The van der Waals surface area contributed by atoms with Crippen molar-refractivity contribution in [2.45, 2.75) is 32.7 Å². The normalized spacial score (nSPS) is 12.4. The molecule has 0 radical (unpaired) electrons. The molecule has 1 aromatic heterocycles. The van der Waals surface area contributed by atoms with Crippen LogP contribution in [0.3, 0.4) is 0 Å². The van der Waals surface area contributed by atoms with Crippen LogP contribution < -0.4 is 5.32 Å². The molecule has 1 aromatic carbocycles. The van der Waals surface area contributed by atoms with Crippen LogP contribution in [0.15, 0.2) is 24.3 Å². The van der Waals surface area contributed by atoms with Gasteiger partial charge < -0.3 is 5.32 Å². The molecule has 0 saturated carbocycles. The fourth-order valence-electron chi connectivity index (χ4n) is 1.76. The van der Waals surface area contributed by atoms with E-state index in [-0.39, 0.29) is 11.9 Å². The lowest BCUT2D eigenvalue weighted by Crippen LogP contribution is -2.11. The maximum absolute atomic E-state index is 13.7. The highest BCUT2D eigenvalue weighted by Gasteiger charge is 2.15. The SMILES string of the molecule is CCc1nnc(NC(CC)c2ccccc2F)s1. The molecule has 5 heteroatoms. The van der Waals surface area contributed by atoms with Gasteiger partial charge in [-0.3, -0.25) is 0 Å². The van der Waals surface area contributed by atoms with E-state index >= 15 is 0 Å². The summed E-state index contributed by atoms with van der Waals surface area (Å²) >= 11 is 1.52. The minimum Gasteiger partial charge on any atom is -0.353 e. The number of hydrogen-bond donors (Lipinski definition) is 1. The molecule has 1 atom stereocenters. The predicted octanol–water partition coefficient (Wildman–Crippen LogP) is 3.80. The van der Waals surface area contributed by atoms with Crippen LogP contribution in [0.4, 0.5) is 9.52 Å². The molecule has 3 nitrogen and oxygen atoms in total. The highest BCUT2D eigenvalue weighted by molar-refractivity contribution is 7.15. The fourth-order valence-corrected chi connectivity index (χ4v) is 2.49. The monoisotopic (exact) mass is 265 g/mol. The van der Waals surface area contributed by atoms with Gasteiger partial charge in [0.05, 0.1) is 6.04 Å². The molecule has 0 fully saturated rings. The van der Waals surface area contributed by atoms with E-state index in [2.05, 4.69) is 15.5 Å². The highest BCUT2D eigenvalue weighted by Crippen LogP contribution is 2.26. The van der Waals surface area contributed by atoms with E-state index in [4.69, 9.17) is 0 Å². The summed E-state index contributed by atoms with van der Waals surface area (Å²) in [5.74, 6) is -0.183. The van der Waals surface area contributed by atoms with Crippen molar-refractivity contribution in [3.63, 3.8) is 0 Å². The maximum Gasteiger partial charge on any atom is 0.206 e. The average Bonchev–Trinajstić information content (AvgIpc) is 2.85. The van der Waals surface area contributed by atoms with Crippen molar-refractivity contribution < 1.29 is 4.39 Å². The Morgan fingerprint density at radius 3 is 2.67 bits per heavy atom. The summed E-state index contributed by atoms with van der Waals surface area (Å²) in [7, 11) is 0. The molecule has 0 amide bonds. The van der Waals surface area contributed by atoms with Crippen LogP contribution >= 0.6 is 11.3 Å². The van der Waals surface area contributed by atoms with Gasteiger partial charge in [-0.1, -0.05) is 43.4 Å². The molecule has 0 aliphatic heterocycles. The molecule has 1 N–H and O–H groups in total. The van der Waals surface area contributed by atoms with Crippen molar-refractivity contribution in [1.29, 1.82) is 0 Å². The van der Waals surface area contributed by atoms with Crippen LogP contribution in [0.1, 0.15) is 36.9 Å². The van der Waals surface area contributed by atoms with Crippen LogP contribution in [0.5, 0.6) is 0 Å². The van der Waals surface area contributed by atoms with Crippen LogP contribution in [0.2, 0.25) is 0 Å². The number of benzene rings is 1. The van der Waals surface area contributed by atoms with Gasteiger partial charge in [-0.15, -0.1) is 10.2 Å². The topological polar surface area (TPSA) is 37.8 Å². The fraction of sp³-hybridized carbons (Fsp3) is 0.385. The van der Waals surface area contributed by atoms with Gasteiger partial charge in [0.2, 0.25) is 5.13 Å². The van der Waals surface area contributed by atoms with Crippen molar-refractivity contribution in [3.8, 4) is 0 Å². The molecule has 1 heterocycles. The third-order valence-corrected chi connectivity index (χ3v) is 3.75. The second-order valence-corrected chi connectivity index (χ2v) is 5.04. The van der Waals surface area contributed by atoms with Crippen LogP contribution in [0, 0.1) is 5.82 Å². The van der Waals surface area contributed by atoms with Crippen LogP contribution in [0.25, 0.3) is 0 Å². The standard InChI is InChI=1S/C13H16FN3S/c1-3-11(9-7-5-6-8-10(9)14)15-13-17-16-12(4-2)18-13/h5-8,11H,3-4H2,1-2H3,(H,15,17). The van der Waals surface area contributed by atoms with Gasteiger partial charge in [-0.05, 0) is 18.9 Å².